The number of allylic oxidation sites excluding steroid dienone is 1. The first-order valence-corrected chi connectivity index (χ1v) is 8.58. The van der Waals surface area contributed by atoms with Crippen LogP contribution in [0.1, 0.15) is 27.3 Å². The number of hydrogen-bond donors (Lipinski definition) is 0. The molecular formula is C21H19N3O4. The summed E-state index contributed by atoms with van der Waals surface area (Å²) in [5.41, 5.74) is 3.33. The van der Waals surface area contributed by atoms with E-state index < -0.39 is 4.92 Å². The number of aryl methyl sites for hydroxylation is 1. The zero-order chi connectivity index (χ0) is 20.3. The highest BCUT2D eigenvalue weighted by atomic mass is 16.6. The minimum Gasteiger partial charge on any atom is -0.497 e. The Hall–Kier alpha value is -3.74. The summed E-state index contributed by atoms with van der Waals surface area (Å²) in [5.74, 6) is 0.596. The summed E-state index contributed by atoms with van der Waals surface area (Å²) in [7, 11) is 1.60. The minimum absolute atomic E-state index is 0.00371. The fourth-order valence-electron chi connectivity index (χ4n) is 2.94. The molecule has 0 bridgehead atoms. The SMILES string of the molecule is COc1ccc(C=CC(=O)c2c(C)nn(-c3ccc([N+](=O)[O-])cc3)c2C)cc1. The van der Waals surface area contributed by atoms with Gasteiger partial charge in [-0.1, -0.05) is 18.2 Å². The lowest BCUT2D eigenvalue weighted by Gasteiger charge is -2.04. The van der Waals surface area contributed by atoms with Crippen molar-refractivity contribution in [3.63, 3.8) is 0 Å². The first-order chi connectivity index (χ1) is 13.4. The summed E-state index contributed by atoms with van der Waals surface area (Å²) in [6.45, 7) is 3.57. The number of non-ortho nitro benzene ring substituents is 1. The van der Waals surface area contributed by atoms with Crippen molar-refractivity contribution in [3.05, 3.63) is 87.2 Å². The van der Waals surface area contributed by atoms with Gasteiger partial charge in [-0.15, -0.1) is 0 Å². The lowest BCUT2D eigenvalue weighted by Crippen LogP contribution is -2.02. The molecule has 0 aliphatic heterocycles. The Kier molecular flexibility index (Phi) is 5.35. The van der Waals surface area contributed by atoms with E-state index in [-0.39, 0.29) is 11.5 Å². The highest BCUT2D eigenvalue weighted by Gasteiger charge is 2.18. The monoisotopic (exact) mass is 377 g/mol. The quantitative estimate of drug-likeness (QED) is 0.277. The molecule has 0 saturated heterocycles. The number of ether oxygens (including phenoxy) is 1. The van der Waals surface area contributed by atoms with Crippen molar-refractivity contribution < 1.29 is 14.5 Å². The van der Waals surface area contributed by atoms with Gasteiger partial charge in [-0.05, 0) is 49.8 Å². The lowest BCUT2D eigenvalue weighted by atomic mass is 10.1. The number of benzene rings is 2. The van der Waals surface area contributed by atoms with Gasteiger partial charge in [0, 0.05) is 12.1 Å². The maximum absolute atomic E-state index is 12.7. The van der Waals surface area contributed by atoms with Crippen LogP contribution in [0.2, 0.25) is 0 Å². The highest BCUT2D eigenvalue weighted by Crippen LogP contribution is 2.21. The number of ketones is 1. The number of rotatable bonds is 6. The zero-order valence-electron chi connectivity index (χ0n) is 15.7. The second kappa shape index (κ2) is 7.87. The summed E-state index contributed by atoms with van der Waals surface area (Å²) in [5, 5.41) is 15.2. The molecule has 7 heteroatoms. The molecule has 0 N–H and O–H groups in total. The van der Waals surface area contributed by atoms with E-state index >= 15 is 0 Å². The molecule has 7 nitrogen and oxygen atoms in total. The second-order valence-corrected chi connectivity index (χ2v) is 6.20. The third-order valence-corrected chi connectivity index (χ3v) is 4.39. The van der Waals surface area contributed by atoms with Gasteiger partial charge < -0.3 is 4.74 Å². The van der Waals surface area contributed by atoms with Crippen LogP contribution in [0.3, 0.4) is 0 Å². The van der Waals surface area contributed by atoms with E-state index in [0.29, 0.717) is 22.6 Å². The first kappa shape index (κ1) is 19.0. The third kappa shape index (κ3) is 3.83. The molecule has 0 spiro atoms. The van der Waals surface area contributed by atoms with Crippen molar-refractivity contribution in [3.8, 4) is 11.4 Å². The van der Waals surface area contributed by atoms with E-state index in [4.69, 9.17) is 4.74 Å². The summed E-state index contributed by atoms with van der Waals surface area (Å²) >= 11 is 0. The fourth-order valence-corrected chi connectivity index (χ4v) is 2.94. The van der Waals surface area contributed by atoms with Gasteiger partial charge in [0.1, 0.15) is 5.75 Å². The van der Waals surface area contributed by atoms with Gasteiger partial charge >= 0.3 is 0 Å². The Morgan fingerprint density at radius 2 is 1.75 bits per heavy atom. The van der Waals surface area contributed by atoms with Crippen molar-refractivity contribution in [2.24, 2.45) is 0 Å². The molecule has 28 heavy (non-hydrogen) atoms. The van der Waals surface area contributed by atoms with Gasteiger partial charge in [0.05, 0.1) is 34.7 Å². The van der Waals surface area contributed by atoms with Crippen LogP contribution in [0.15, 0.2) is 54.6 Å². The van der Waals surface area contributed by atoms with Gasteiger partial charge in [0.15, 0.2) is 5.78 Å². The molecule has 0 atom stereocenters. The van der Waals surface area contributed by atoms with Crippen LogP contribution in [0.5, 0.6) is 5.75 Å². The molecule has 3 rings (SSSR count). The van der Waals surface area contributed by atoms with E-state index in [2.05, 4.69) is 5.10 Å². The van der Waals surface area contributed by atoms with Crippen molar-refractivity contribution in [2.75, 3.05) is 7.11 Å². The molecule has 2 aromatic carbocycles. The van der Waals surface area contributed by atoms with E-state index in [1.165, 1.54) is 18.2 Å². The van der Waals surface area contributed by atoms with E-state index in [1.807, 2.05) is 24.3 Å². The third-order valence-electron chi connectivity index (χ3n) is 4.39. The minimum atomic E-state index is -0.454. The Morgan fingerprint density at radius 1 is 1.11 bits per heavy atom. The average Bonchev–Trinajstić information content (AvgIpc) is 3.00. The lowest BCUT2D eigenvalue weighted by molar-refractivity contribution is -0.384. The Balaban J connectivity index is 1.87. The number of carbonyl (C=O) groups is 1. The van der Waals surface area contributed by atoms with Crippen LogP contribution < -0.4 is 4.74 Å². The maximum Gasteiger partial charge on any atom is 0.269 e. The normalized spacial score (nSPS) is 11.0. The summed E-state index contributed by atoms with van der Waals surface area (Å²) in [4.78, 5) is 23.1. The summed E-state index contributed by atoms with van der Waals surface area (Å²) in [6, 6.07) is 13.4. The number of hydrogen-bond acceptors (Lipinski definition) is 5. The number of methoxy groups -OCH3 is 1. The molecular weight excluding hydrogens is 358 g/mol. The van der Waals surface area contributed by atoms with Crippen LogP contribution in [0.4, 0.5) is 5.69 Å². The Morgan fingerprint density at radius 3 is 2.32 bits per heavy atom. The molecule has 0 unspecified atom stereocenters. The van der Waals surface area contributed by atoms with Crippen LogP contribution in [0.25, 0.3) is 11.8 Å². The molecule has 1 aromatic heterocycles. The van der Waals surface area contributed by atoms with Gasteiger partial charge in [-0.2, -0.15) is 5.10 Å². The number of carbonyl (C=O) groups excluding carboxylic acids is 1. The van der Waals surface area contributed by atoms with Crippen molar-refractivity contribution in [1.29, 1.82) is 0 Å². The number of nitrogens with zero attached hydrogens (tertiary/aromatic N) is 3. The smallest absolute Gasteiger partial charge is 0.269 e. The molecule has 0 radical (unpaired) electrons. The maximum atomic E-state index is 12.7. The van der Waals surface area contributed by atoms with Gasteiger partial charge in [-0.25, -0.2) is 4.68 Å². The zero-order valence-corrected chi connectivity index (χ0v) is 15.7. The summed E-state index contributed by atoms with van der Waals surface area (Å²) in [6.07, 6.45) is 3.25. The molecule has 0 fully saturated rings. The van der Waals surface area contributed by atoms with E-state index in [1.54, 1.807) is 43.8 Å². The second-order valence-electron chi connectivity index (χ2n) is 6.20. The molecule has 0 amide bonds. The van der Waals surface area contributed by atoms with Crippen LogP contribution in [-0.2, 0) is 0 Å². The Labute approximate surface area is 162 Å². The molecule has 1 heterocycles. The average molecular weight is 377 g/mol. The number of nitro groups is 1. The predicted octanol–water partition coefficient (Wildman–Crippen LogP) is 4.30. The number of nitro benzene ring substituents is 1. The first-order valence-electron chi connectivity index (χ1n) is 8.58. The molecule has 142 valence electrons. The molecule has 0 aliphatic rings. The fraction of sp³-hybridized carbons (Fsp3) is 0.143. The van der Waals surface area contributed by atoms with E-state index in [9.17, 15) is 14.9 Å². The molecule has 3 aromatic rings. The van der Waals surface area contributed by atoms with Gasteiger partial charge in [0.2, 0.25) is 0 Å². The summed E-state index contributed by atoms with van der Waals surface area (Å²) < 4.78 is 6.74. The largest absolute Gasteiger partial charge is 0.497 e. The van der Waals surface area contributed by atoms with E-state index in [0.717, 1.165) is 11.3 Å². The Bertz CT molecular complexity index is 1050. The van der Waals surface area contributed by atoms with Crippen molar-refractivity contribution >= 4 is 17.5 Å². The van der Waals surface area contributed by atoms with Crippen LogP contribution >= 0.6 is 0 Å². The van der Waals surface area contributed by atoms with Crippen LogP contribution in [0, 0.1) is 24.0 Å². The highest BCUT2D eigenvalue weighted by molar-refractivity contribution is 6.08. The topological polar surface area (TPSA) is 87.3 Å². The number of aromatic nitrogens is 2. The molecule has 0 saturated carbocycles. The van der Waals surface area contributed by atoms with Crippen molar-refractivity contribution in [2.45, 2.75) is 13.8 Å². The van der Waals surface area contributed by atoms with Gasteiger partial charge in [-0.3, -0.25) is 14.9 Å². The van der Waals surface area contributed by atoms with Gasteiger partial charge in [0.25, 0.3) is 5.69 Å². The predicted molar refractivity (Wildman–Crippen MR) is 106 cm³/mol. The van der Waals surface area contributed by atoms with Crippen molar-refractivity contribution in [1.82, 2.24) is 9.78 Å². The van der Waals surface area contributed by atoms with Crippen LogP contribution in [-0.4, -0.2) is 27.6 Å². The standard InChI is InChI=1S/C21H19N3O4/c1-14-21(20(25)13-6-16-4-11-19(28-3)12-5-16)15(2)23(22-14)17-7-9-18(10-8-17)24(26)27/h4-13H,1-3H3. The molecule has 0 aliphatic carbocycles.